The number of rotatable bonds is 4. The summed E-state index contributed by atoms with van der Waals surface area (Å²) in [6, 6.07) is 7.37. The summed E-state index contributed by atoms with van der Waals surface area (Å²) in [5.41, 5.74) is -0.256. The van der Waals surface area contributed by atoms with E-state index in [-0.39, 0.29) is 41.2 Å². The molecular formula is C28H33F3N4O4. The molecule has 2 bridgehead atoms. The molecule has 3 heterocycles. The number of alkyl halides is 3. The molecule has 5 rings (SSSR count). The third-order valence-electron chi connectivity index (χ3n) is 8.00. The topological polar surface area (TPSA) is 78.2 Å². The third kappa shape index (κ3) is 4.65. The number of methoxy groups -OCH3 is 2. The van der Waals surface area contributed by atoms with Crippen LogP contribution in [0.2, 0.25) is 0 Å². The third-order valence-corrected chi connectivity index (χ3v) is 8.00. The summed E-state index contributed by atoms with van der Waals surface area (Å²) >= 11 is 0. The van der Waals surface area contributed by atoms with Crippen LogP contribution in [0.15, 0.2) is 30.3 Å². The number of piperidine rings is 2. The molecule has 4 unspecified atom stereocenters. The van der Waals surface area contributed by atoms with E-state index in [2.05, 4.69) is 17.0 Å². The molecule has 11 heteroatoms. The zero-order valence-electron chi connectivity index (χ0n) is 23.0. The summed E-state index contributed by atoms with van der Waals surface area (Å²) in [5.74, 6) is 1.17. The fraction of sp³-hybridized carbons (Fsp3) is 0.536. The average molecular weight is 547 g/mol. The highest BCUT2D eigenvalue weighted by Gasteiger charge is 2.58. The van der Waals surface area contributed by atoms with Crippen LogP contribution >= 0.6 is 0 Å². The Morgan fingerprint density at radius 2 is 1.72 bits per heavy atom. The SMILES string of the molecule is COc1ccc(-c2cc(C(F)(F)F)n3nc(C4C5CN(C(=O)OC(C)(C)C)C(C)C4[C@H]5C)cc3n2)cc1OC. The number of aromatic nitrogens is 3. The van der Waals surface area contributed by atoms with Gasteiger partial charge < -0.3 is 19.1 Å². The van der Waals surface area contributed by atoms with Crippen molar-refractivity contribution in [3.8, 4) is 22.8 Å². The maximum absolute atomic E-state index is 14.2. The molecule has 5 atom stereocenters. The first-order valence-electron chi connectivity index (χ1n) is 12.9. The first-order chi connectivity index (χ1) is 18.2. The molecule has 2 aliphatic rings. The molecule has 1 saturated heterocycles. The van der Waals surface area contributed by atoms with Crippen molar-refractivity contribution >= 4 is 11.7 Å². The van der Waals surface area contributed by atoms with Crippen molar-refractivity contribution in [2.75, 3.05) is 20.8 Å². The van der Waals surface area contributed by atoms with Gasteiger partial charge in [0.1, 0.15) is 5.60 Å². The molecule has 3 aromatic rings. The molecule has 8 nitrogen and oxygen atoms in total. The summed E-state index contributed by atoms with van der Waals surface area (Å²) in [6.07, 6.45) is -5.02. The van der Waals surface area contributed by atoms with Crippen LogP contribution in [0.4, 0.5) is 18.0 Å². The molecule has 1 aliphatic carbocycles. The zero-order chi connectivity index (χ0) is 28.4. The van der Waals surface area contributed by atoms with Crippen LogP contribution in [0.1, 0.15) is 51.9 Å². The van der Waals surface area contributed by atoms with Gasteiger partial charge in [0.25, 0.3) is 0 Å². The predicted octanol–water partition coefficient (Wildman–Crippen LogP) is 6.04. The fourth-order valence-corrected chi connectivity index (χ4v) is 6.18. The van der Waals surface area contributed by atoms with E-state index in [1.165, 1.54) is 14.2 Å². The monoisotopic (exact) mass is 546 g/mol. The van der Waals surface area contributed by atoms with Crippen molar-refractivity contribution in [2.45, 2.75) is 58.4 Å². The smallest absolute Gasteiger partial charge is 0.433 e. The van der Waals surface area contributed by atoms with Gasteiger partial charge in [-0.1, -0.05) is 6.92 Å². The molecule has 1 amide bonds. The summed E-state index contributed by atoms with van der Waals surface area (Å²) < 4.78 is 59.7. The lowest BCUT2D eigenvalue weighted by Crippen LogP contribution is -2.65. The summed E-state index contributed by atoms with van der Waals surface area (Å²) in [7, 11) is 2.95. The van der Waals surface area contributed by atoms with E-state index in [4.69, 9.17) is 14.2 Å². The molecule has 2 fully saturated rings. The minimum absolute atomic E-state index is 0.0424. The normalized spacial score (nSPS) is 24.9. The van der Waals surface area contributed by atoms with Gasteiger partial charge in [0, 0.05) is 30.1 Å². The number of fused-ring (bicyclic) bond motifs is 3. The summed E-state index contributed by atoms with van der Waals surface area (Å²) in [5, 5.41) is 4.43. The van der Waals surface area contributed by atoms with Gasteiger partial charge in [0.05, 0.1) is 25.6 Å². The van der Waals surface area contributed by atoms with Crippen LogP contribution < -0.4 is 9.47 Å². The molecule has 2 aromatic heterocycles. The Labute approximate surface area is 225 Å². The van der Waals surface area contributed by atoms with Gasteiger partial charge in [-0.3, -0.25) is 0 Å². The largest absolute Gasteiger partial charge is 0.493 e. The number of benzene rings is 1. The van der Waals surface area contributed by atoms with Gasteiger partial charge in [0.15, 0.2) is 22.8 Å². The lowest BCUT2D eigenvalue weighted by atomic mass is 9.51. The van der Waals surface area contributed by atoms with Gasteiger partial charge in [-0.15, -0.1) is 0 Å². The molecule has 1 aromatic carbocycles. The van der Waals surface area contributed by atoms with E-state index in [1.807, 2.05) is 27.7 Å². The standard InChI is InChI=1S/C28H33F3N4O4/c1-14-17-13-34(26(36)39-27(3,4)5)15(2)24(14)25(17)19-12-23-32-18(11-22(28(29,30)31)35(23)33-19)16-8-9-20(37-6)21(10-16)38-7/h8-12,14-15,17,24-25H,13H2,1-7H3/t14-,15?,17?,24?,25?/m0/s1. The number of hydrogen-bond donors (Lipinski definition) is 0. The van der Waals surface area contributed by atoms with Crippen molar-refractivity contribution in [1.29, 1.82) is 0 Å². The van der Waals surface area contributed by atoms with Gasteiger partial charge in [0.2, 0.25) is 0 Å². The van der Waals surface area contributed by atoms with Crippen LogP contribution in [0.5, 0.6) is 11.5 Å². The van der Waals surface area contributed by atoms with Crippen molar-refractivity contribution < 1.29 is 32.2 Å². The number of ether oxygens (including phenoxy) is 3. The van der Waals surface area contributed by atoms with E-state index < -0.39 is 17.5 Å². The first-order valence-corrected chi connectivity index (χ1v) is 12.9. The number of likely N-dealkylation sites (tertiary alicyclic amines) is 1. The van der Waals surface area contributed by atoms with Crippen LogP contribution in [0, 0.1) is 17.8 Å². The highest BCUT2D eigenvalue weighted by molar-refractivity contribution is 5.69. The highest BCUT2D eigenvalue weighted by Crippen LogP contribution is 2.58. The molecule has 210 valence electrons. The Morgan fingerprint density at radius 1 is 1.03 bits per heavy atom. The highest BCUT2D eigenvalue weighted by atomic mass is 19.4. The Morgan fingerprint density at radius 3 is 2.31 bits per heavy atom. The molecular weight excluding hydrogens is 513 g/mol. The number of hydrogen-bond acceptors (Lipinski definition) is 6. The second-order valence-electron chi connectivity index (χ2n) is 11.4. The molecule has 1 saturated carbocycles. The van der Waals surface area contributed by atoms with E-state index in [0.717, 1.165) is 10.6 Å². The van der Waals surface area contributed by atoms with Crippen LogP contribution in [-0.2, 0) is 10.9 Å². The molecule has 0 N–H and O–H groups in total. The van der Waals surface area contributed by atoms with Gasteiger partial charge >= 0.3 is 12.3 Å². The van der Waals surface area contributed by atoms with Crippen LogP contribution in [0.25, 0.3) is 16.9 Å². The first kappa shape index (κ1) is 27.1. The number of carbonyl (C=O) groups is 1. The molecule has 39 heavy (non-hydrogen) atoms. The van der Waals surface area contributed by atoms with E-state index in [1.54, 1.807) is 29.2 Å². The van der Waals surface area contributed by atoms with Crippen molar-refractivity contribution in [3.63, 3.8) is 0 Å². The summed E-state index contributed by atoms with van der Waals surface area (Å²) in [6.45, 7) is 10.0. The molecule has 0 radical (unpaired) electrons. The number of carbonyl (C=O) groups excluding carboxylic acids is 1. The van der Waals surface area contributed by atoms with E-state index in [0.29, 0.717) is 35.2 Å². The zero-order valence-corrected chi connectivity index (χ0v) is 23.0. The maximum Gasteiger partial charge on any atom is 0.433 e. The lowest BCUT2D eigenvalue weighted by Gasteiger charge is -2.61. The van der Waals surface area contributed by atoms with Crippen LogP contribution in [0.3, 0.4) is 0 Å². The summed E-state index contributed by atoms with van der Waals surface area (Å²) in [4.78, 5) is 19.1. The van der Waals surface area contributed by atoms with Crippen LogP contribution in [-0.4, -0.2) is 58.0 Å². The second kappa shape index (κ2) is 9.31. The molecule has 0 spiro atoms. The van der Waals surface area contributed by atoms with E-state index in [9.17, 15) is 18.0 Å². The minimum Gasteiger partial charge on any atom is -0.493 e. The number of nitrogens with zero attached hydrogens (tertiary/aromatic N) is 4. The lowest BCUT2D eigenvalue weighted by molar-refractivity contribution is -0.142. The van der Waals surface area contributed by atoms with Crippen molar-refractivity contribution in [1.82, 2.24) is 19.5 Å². The Bertz CT molecular complexity index is 1410. The van der Waals surface area contributed by atoms with E-state index >= 15 is 0 Å². The number of halogens is 3. The van der Waals surface area contributed by atoms with Gasteiger partial charge in [-0.2, -0.15) is 18.3 Å². The predicted molar refractivity (Wildman–Crippen MR) is 138 cm³/mol. The molecule has 1 aliphatic heterocycles. The minimum atomic E-state index is -4.65. The second-order valence-corrected chi connectivity index (χ2v) is 11.4. The average Bonchev–Trinajstić information content (AvgIpc) is 3.27. The van der Waals surface area contributed by atoms with Gasteiger partial charge in [-0.05, 0) is 69.7 Å². The quantitative estimate of drug-likeness (QED) is 0.397. The van der Waals surface area contributed by atoms with Crippen molar-refractivity contribution in [2.24, 2.45) is 17.8 Å². The Balaban J connectivity index is 1.52. The van der Waals surface area contributed by atoms with Gasteiger partial charge in [-0.25, -0.2) is 14.3 Å². The Hall–Kier alpha value is -3.50. The number of amides is 1. The van der Waals surface area contributed by atoms with Crippen molar-refractivity contribution in [3.05, 3.63) is 41.7 Å². The fourth-order valence-electron chi connectivity index (χ4n) is 6.18. The Kier molecular flexibility index (Phi) is 6.46. The maximum atomic E-state index is 14.2.